The molecule has 74 valence electrons. The van der Waals surface area contributed by atoms with Gasteiger partial charge in [0, 0.05) is 0 Å². The number of para-hydroxylation sites is 1. The number of hydrogen-bond donors (Lipinski definition) is 1. The molecule has 1 N–H and O–H groups in total. The highest BCUT2D eigenvalue weighted by Gasteiger charge is 2.06. The number of phenolic OH excluding ortho intramolecular Hbond substituents is 1. The Bertz CT molecular complexity index is 331. The first-order valence-electron chi connectivity index (χ1n) is 4.30. The number of ether oxygens (including phenoxy) is 1. The topological polar surface area (TPSA) is 46.5 Å². The van der Waals surface area contributed by atoms with Crippen molar-refractivity contribution in [1.29, 1.82) is 0 Å². The smallest absolute Gasteiger partial charge is 0.168 e. The van der Waals surface area contributed by atoms with Crippen LogP contribution in [0.25, 0.3) is 0 Å². The average Bonchev–Trinajstić information content (AvgIpc) is 2.21. The Balaban J connectivity index is 2.76. The molecule has 0 aliphatic carbocycles. The van der Waals surface area contributed by atoms with E-state index in [-0.39, 0.29) is 11.3 Å². The minimum atomic E-state index is -0.105. The lowest BCUT2D eigenvalue weighted by Crippen LogP contribution is -1.96. The van der Waals surface area contributed by atoms with Gasteiger partial charge in [0.15, 0.2) is 17.8 Å². The summed E-state index contributed by atoms with van der Waals surface area (Å²) in [5.74, 6) is 0.225. The minimum Gasteiger partial charge on any atom is -0.504 e. The largest absolute Gasteiger partial charge is 0.504 e. The lowest BCUT2D eigenvalue weighted by atomic mass is 10.2. The highest BCUT2D eigenvalue weighted by atomic mass is 16.5. The van der Waals surface area contributed by atoms with Gasteiger partial charge in [0.2, 0.25) is 0 Å². The van der Waals surface area contributed by atoms with Crippen molar-refractivity contribution >= 4 is 6.29 Å². The third-order valence-electron chi connectivity index (χ3n) is 1.74. The van der Waals surface area contributed by atoms with Crippen LogP contribution >= 0.6 is 0 Å². The number of hydrogen-bond acceptors (Lipinski definition) is 3. The van der Waals surface area contributed by atoms with Gasteiger partial charge in [-0.1, -0.05) is 12.1 Å². The predicted octanol–water partition coefficient (Wildman–Crippen LogP) is 2.16. The van der Waals surface area contributed by atoms with E-state index in [1.165, 1.54) is 6.07 Å². The molecule has 0 unspecified atom stereocenters. The van der Waals surface area contributed by atoms with E-state index in [9.17, 15) is 9.90 Å². The average molecular weight is 192 g/mol. The molecule has 0 atom stereocenters. The third kappa shape index (κ3) is 2.36. The van der Waals surface area contributed by atoms with E-state index in [1.54, 1.807) is 18.2 Å². The normalized spacial score (nSPS) is 9.43. The molecular formula is C11H12O3. The molecule has 3 heteroatoms. The van der Waals surface area contributed by atoms with E-state index in [0.29, 0.717) is 25.1 Å². The van der Waals surface area contributed by atoms with Crippen LogP contribution in [0, 0.1) is 0 Å². The molecule has 0 spiro atoms. The minimum absolute atomic E-state index is 0.105. The maximum Gasteiger partial charge on any atom is 0.168 e. The first-order valence-corrected chi connectivity index (χ1v) is 4.30. The van der Waals surface area contributed by atoms with E-state index in [0.717, 1.165) is 0 Å². The molecule has 0 saturated heterocycles. The van der Waals surface area contributed by atoms with Gasteiger partial charge in [0.05, 0.1) is 12.2 Å². The number of aromatic hydroxyl groups is 1. The van der Waals surface area contributed by atoms with Crippen LogP contribution in [0.2, 0.25) is 0 Å². The van der Waals surface area contributed by atoms with Crippen molar-refractivity contribution in [3.63, 3.8) is 0 Å². The first-order chi connectivity index (χ1) is 6.79. The van der Waals surface area contributed by atoms with Crippen molar-refractivity contribution in [2.45, 2.75) is 6.42 Å². The van der Waals surface area contributed by atoms with E-state index >= 15 is 0 Å². The summed E-state index contributed by atoms with van der Waals surface area (Å²) in [6.45, 7) is 3.99. The molecular weight excluding hydrogens is 180 g/mol. The summed E-state index contributed by atoms with van der Waals surface area (Å²) in [4.78, 5) is 10.5. The van der Waals surface area contributed by atoms with Gasteiger partial charge >= 0.3 is 0 Å². The second kappa shape index (κ2) is 5.07. The molecule has 0 aliphatic heterocycles. The summed E-state index contributed by atoms with van der Waals surface area (Å²) in [5.41, 5.74) is 0.237. The van der Waals surface area contributed by atoms with Crippen LogP contribution in [-0.4, -0.2) is 18.0 Å². The number of rotatable bonds is 5. The van der Waals surface area contributed by atoms with Gasteiger partial charge in [-0.3, -0.25) is 4.79 Å². The molecule has 0 amide bonds. The third-order valence-corrected chi connectivity index (χ3v) is 1.74. The van der Waals surface area contributed by atoms with Crippen molar-refractivity contribution in [3.8, 4) is 11.5 Å². The summed E-state index contributed by atoms with van der Waals surface area (Å²) in [6.07, 6.45) is 3.01. The summed E-state index contributed by atoms with van der Waals surface area (Å²) in [7, 11) is 0. The molecule has 0 radical (unpaired) electrons. The molecule has 0 bridgehead atoms. The Kier molecular flexibility index (Phi) is 3.73. The van der Waals surface area contributed by atoms with Crippen molar-refractivity contribution < 1.29 is 14.6 Å². The second-order valence-corrected chi connectivity index (χ2v) is 2.74. The van der Waals surface area contributed by atoms with Crippen LogP contribution in [0.4, 0.5) is 0 Å². The summed E-state index contributed by atoms with van der Waals surface area (Å²) >= 11 is 0. The van der Waals surface area contributed by atoms with Crippen LogP contribution in [0.5, 0.6) is 11.5 Å². The molecule has 0 aromatic heterocycles. The Morgan fingerprint density at radius 1 is 1.50 bits per heavy atom. The lowest BCUT2D eigenvalue weighted by molar-refractivity contribution is 0.112. The first kappa shape index (κ1) is 10.3. The maximum absolute atomic E-state index is 10.5. The number of aldehydes is 1. The number of carbonyl (C=O) groups is 1. The molecule has 1 aromatic rings. The molecule has 0 saturated carbocycles. The molecule has 0 heterocycles. The Labute approximate surface area is 82.6 Å². The van der Waals surface area contributed by atoms with Gasteiger partial charge in [-0.05, 0) is 18.6 Å². The van der Waals surface area contributed by atoms with E-state index < -0.39 is 0 Å². The fourth-order valence-corrected chi connectivity index (χ4v) is 1.00. The molecule has 0 fully saturated rings. The zero-order valence-corrected chi connectivity index (χ0v) is 7.77. The second-order valence-electron chi connectivity index (χ2n) is 2.74. The van der Waals surface area contributed by atoms with Crippen LogP contribution in [0.3, 0.4) is 0 Å². The van der Waals surface area contributed by atoms with Gasteiger partial charge in [0.25, 0.3) is 0 Å². The van der Waals surface area contributed by atoms with Gasteiger partial charge in [-0.15, -0.1) is 6.58 Å². The van der Waals surface area contributed by atoms with E-state index in [2.05, 4.69) is 6.58 Å². The van der Waals surface area contributed by atoms with Gasteiger partial charge in [0.1, 0.15) is 0 Å². The molecule has 0 aliphatic rings. The maximum atomic E-state index is 10.5. The Morgan fingerprint density at radius 2 is 2.29 bits per heavy atom. The van der Waals surface area contributed by atoms with Crippen molar-refractivity contribution in [2.24, 2.45) is 0 Å². The quantitative estimate of drug-likeness (QED) is 0.441. The predicted molar refractivity (Wildman–Crippen MR) is 53.8 cm³/mol. The van der Waals surface area contributed by atoms with E-state index in [4.69, 9.17) is 4.74 Å². The van der Waals surface area contributed by atoms with Crippen LogP contribution < -0.4 is 4.74 Å². The number of phenols is 1. The molecule has 1 aromatic carbocycles. The summed E-state index contributed by atoms with van der Waals surface area (Å²) in [5, 5.41) is 9.51. The van der Waals surface area contributed by atoms with Crippen LogP contribution in [0.1, 0.15) is 16.8 Å². The number of benzene rings is 1. The van der Waals surface area contributed by atoms with Crippen LogP contribution in [0.15, 0.2) is 30.9 Å². The van der Waals surface area contributed by atoms with Crippen molar-refractivity contribution in [3.05, 3.63) is 36.4 Å². The van der Waals surface area contributed by atoms with Crippen LogP contribution in [-0.2, 0) is 0 Å². The highest BCUT2D eigenvalue weighted by molar-refractivity contribution is 5.80. The lowest BCUT2D eigenvalue weighted by Gasteiger charge is -2.07. The zero-order valence-electron chi connectivity index (χ0n) is 7.77. The Hall–Kier alpha value is -1.77. The molecule has 14 heavy (non-hydrogen) atoms. The zero-order chi connectivity index (χ0) is 10.4. The van der Waals surface area contributed by atoms with Gasteiger partial charge in [-0.25, -0.2) is 0 Å². The van der Waals surface area contributed by atoms with Gasteiger partial charge < -0.3 is 9.84 Å². The summed E-state index contributed by atoms with van der Waals surface area (Å²) in [6, 6.07) is 4.81. The fourth-order valence-electron chi connectivity index (χ4n) is 1.00. The van der Waals surface area contributed by atoms with Crippen molar-refractivity contribution in [2.75, 3.05) is 6.61 Å². The standard InChI is InChI=1S/C11H12O3/c1-2-3-7-14-10-6-4-5-9(8-12)11(10)13/h2,4-6,8,13H,1,3,7H2. The summed E-state index contributed by atoms with van der Waals surface area (Å²) < 4.78 is 5.24. The monoisotopic (exact) mass is 192 g/mol. The molecule has 3 nitrogen and oxygen atoms in total. The Morgan fingerprint density at radius 3 is 2.93 bits per heavy atom. The SMILES string of the molecule is C=CCCOc1cccc(C=O)c1O. The fraction of sp³-hybridized carbons (Fsp3) is 0.182. The highest BCUT2D eigenvalue weighted by Crippen LogP contribution is 2.28. The molecule has 1 rings (SSSR count). The number of carbonyl (C=O) groups excluding carboxylic acids is 1. The van der Waals surface area contributed by atoms with E-state index in [1.807, 2.05) is 0 Å². The van der Waals surface area contributed by atoms with Crippen molar-refractivity contribution in [1.82, 2.24) is 0 Å². The van der Waals surface area contributed by atoms with Gasteiger partial charge in [-0.2, -0.15) is 0 Å².